The molecule has 0 saturated carbocycles. The minimum Gasteiger partial charge on any atom is -0.464 e. The summed E-state index contributed by atoms with van der Waals surface area (Å²) in [5, 5.41) is 10.0. The van der Waals surface area contributed by atoms with Gasteiger partial charge in [-0.15, -0.1) is 0 Å². The molecule has 1 unspecified atom stereocenters. The van der Waals surface area contributed by atoms with E-state index in [0.717, 1.165) is 17.7 Å². The molecular formula is C15H18O2. The SMILES string of the molecule is CCc1ccc(CC(O)c2ccc(C)o2)cc1. The average Bonchev–Trinajstić information content (AvgIpc) is 2.77. The van der Waals surface area contributed by atoms with Gasteiger partial charge in [-0.25, -0.2) is 0 Å². The number of aryl methyl sites for hydroxylation is 2. The molecule has 0 saturated heterocycles. The first-order chi connectivity index (χ1) is 8.19. The largest absolute Gasteiger partial charge is 0.464 e. The van der Waals surface area contributed by atoms with Gasteiger partial charge in [-0.2, -0.15) is 0 Å². The van der Waals surface area contributed by atoms with Crippen LogP contribution in [0, 0.1) is 6.92 Å². The lowest BCUT2D eigenvalue weighted by molar-refractivity contribution is 0.149. The lowest BCUT2D eigenvalue weighted by atomic mass is 10.0. The van der Waals surface area contributed by atoms with E-state index in [1.54, 1.807) is 0 Å². The van der Waals surface area contributed by atoms with Crippen molar-refractivity contribution in [1.82, 2.24) is 0 Å². The van der Waals surface area contributed by atoms with Gasteiger partial charge >= 0.3 is 0 Å². The first-order valence-electron chi connectivity index (χ1n) is 6.01. The Kier molecular flexibility index (Phi) is 3.64. The first-order valence-corrected chi connectivity index (χ1v) is 6.01. The van der Waals surface area contributed by atoms with Crippen LogP contribution in [0.1, 0.15) is 35.7 Å². The van der Waals surface area contributed by atoms with Gasteiger partial charge in [0.25, 0.3) is 0 Å². The van der Waals surface area contributed by atoms with E-state index >= 15 is 0 Å². The number of hydrogen-bond acceptors (Lipinski definition) is 2. The van der Waals surface area contributed by atoms with Crippen molar-refractivity contribution in [2.45, 2.75) is 32.8 Å². The molecule has 0 aliphatic heterocycles. The molecule has 17 heavy (non-hydrogen) atoms. The van der Waals surface area contributed by atoms with Gasteiger partial charge in [0.05, 0.1) is 0 Å². The number of aliphatic hydroxyl groups excluding tert-OH is 1. The fourth-order valence-electron chi connectivity index (χ4n) is 1.87. The van der Waals surface area contributed by atoms with E-state index in [2.05, 4.69) is 31.2 Å². The maximum Gasteiger partial charge on any atom is 0.132 e. The molecule has 2 aromatic rings. The van der Waals surface area contributed by atoms with Crippen LogP contribution in [0.25, 0.3) is 0 Å². The van der Waals surface area contributed by atoms with E-state index in [4.69, 9.17) is 4.42 Å². The molecule has 1 N–H and O–H groups in total. The molecule has 0 amide bonds. The van der Waals surface area contributed by atoms with Crippen LogP contribution in [0.3, 0.4) is 0 Å². The van der Waals surface area contributed by atoms with E-state index < -0.39 is 6.10 Å². The summed E-state index contributed by atoms with van der Waals surface area (Å²) in [5.74, 6) is 1.47. The summed E-state index contributed by atoms with van der Waals surface area (Å²) >= 11 is 0. The zero-order valence-corrected chi connectivity index (χ0v) is 10.3. The number of hydrogen-bond donors (Lipinski definition) is 1. The van der Waals surface area contributed by atoms with Crippen molar-refractivity contribution in [2.24, 2.45) is 0 Å². The van der Waals surface area contributed by atoms with Crippen LogP contribution < -0.4 is 0 Å². The Morgan fingerprint density at radius 3 is 2.24 bits per heavy atom. The molecule has 2 rings (SSSR count). The highest BCUT2D eigenvalue weighted by Gasteiger charge is 2.12. The summed E-state index contributed by atoms with van der Waals surface area (Å²) in [7, 11) is 0. The standard InChI is InChI=1S/C15H18O2/c1-3-12-5-7-13(8-6-12)10-14(16)15-9-4-11(2)17-15/h4-9,14,16H,3,10H2,1-2H3. The van der Waals surface area contributed by atoms with Gasteiger partial charge in [0, 0.05) is 6.42 Å². The molecular weight excluding hydrogens is 212 g/mol. The van der Waals surface area contributed by atoms with E-state index in [0.29, 0.717) is 12.2 Å². The molecule has 1 atom stereocenters. The number of aliphatic hydroxyl groups is 1. The maximum absolute atomic E-state index is 10.0. The topological polar surface area (TPSA) is 33.4 Å². The van der Waals surface area contributed by atoms with Crippen LogP contribution in [0.4, 0.5) is 0 Å². The van der Waals surface area contributed by atoms with Crippen molar-refractivity contribution in [3.8, 4) is 0 Å². The van der Waals surface area contributed by atoms with Crippen molar-refractivity contribution < 1.29 is 9.52 Å². The maximum atomic E-state index is 10.0. The molecule has 1 aromatic heterocycles. The first kappa shape index (κ1) is 11.9. The minimum absolute atomic E-state index is 0.559. The molecule has 1 heterocycles. The second kappa shape index (κ2) is 5.19. The quantitative estimate of drug-likeness (QED) is 0.873. The van der Waals surface area contributed by atoms with Crippen molar-refractivity contribution in [1.29, 1.82) is 0 Å². The second-order valence-corrected chi connectivity index (χ2v) is 4.34. The highest BCUT2D eigenvalue weighted by atomic mass is 16.4. The summed E-state index contributed by atoms with van der Waals surface area (Å²) < 4.78 is 5.41. The Hall–Kier alpha value is -1.54. The number of benzene rings is 1. The van der Waals surface area contributed by atoms with Gasteiger partial charge < -0.3 is 9.52 Å². The number of furan rings is 1. The van der Waals surface area contributed by atoms with Gasteiger partial charge in [-0.3, -0.25) is 0 Å². The van der Waals surface area contributed by atoms with Crippen LogP contribution in [-0.4, -0.2) is 5.11 Å². The Balaban J connectivity index is 2.04. The van der Waals surface area contributed by atoms with Crippen LogP contribution in [-0.2, 0) is 12.8 Å². The van der Waals surface area contributed by atoms with E-state index in [9.17, 15) is 5.11 Å². The van der Waals surface area contributed by atoms with Gasteiger partial charge in [0.15, 0.2) is 0 Å². The summed E-state index contributed by atoms with van der Waals surface area (Å²) in [6, 6.07) is 12.1. The van der Waals surface area contributed by atoms with Crippen LogP contribution in [0.5, 0.6) is 0 Å². The average molecular weight is 230 g/mol. The van der Waals surface area contributed by atoms with E-state index in [-0.39, 0.29) is 0 Å². The van der Waals surface area contributed by atoms with Crippen LogP contribution in [0.2, 0.25) is 0 Å². The third kappa shape index (κ3) is 2.98. The smallest absolute Gasteiger partial charge is 0.132 e. The van der Waals surface area contributed by atoms with Crippen molar-refractivity contribution in [3.63, 3.8) is 0 Å². The summed E-state index contributed by atoms with van der Waals surface area (Å²) in [5.41, 5.74) is 2.45. The fourth-order valence-corrected chi connectivity index (χ4v) is 1.87. The molecule has 2 heteroatoms. The Morgan fingerprint density at radius 2 is 1.71 bits per heavy atom. The fraction of sp³-hybridized carbons (Fsp3) is 0.333. The van der Waals surface area contributed by atoms with Crippen LogP contribution in [0.15, 0.2) is 40.8 Å². The highest BCUT2D eigenvalue weighted by Crippen LogP contribution is 2.20. The summed E-state index contributed by atoms with van der Waals surface area (Å²) in [6.45, 7) is 4.02. The number of rotatable bonds is 4. The van der Waals surface area contributed by atoms with Gasteiger partial charge in [-0.05, 0) is 36.6 Å². The minimum atomic E-state index is -0.559. The predicted octanol–water partition coefficient (Wildman–Crippen LogP) is 3.43. The monoisotopic (exact) mass is 230 g/mol. The van der Waals surface area contributed by atoms with Gasteiger partial charge in [0.2, 0.25) is 0 Å². The lowest BCUT2D eigenvalue weighted by Crippen LogP contribution is -2.00. The van der Waals surface area contributed by atoms with Crippen molar-refractivity contribution in [3.05, 3.63) is 59.0 Å². The summed E-state index contributed by atoms with van der Waals surface area (Å²) in [4.78, 5) is 0. The third-order valence-corrected chi connectivity index (χ3v) is 2.95. The van der Waals surface area contributed by atoms with Crippen molar-refractivity contribution in [2.75, 3.05) is 0 Å². The second-order valence-electron chi connectivity index (χ2n) is 4.34. The van der Waals surface area contributed by atoms with Gasteiger partial charge in [0.1, 0.15) is 17.6 Å². The lowest BCUT2D eigenvalue weighted by Gasteiger charge is -2.08. The normalized spacial score (nSPS) is 12.6. The zero-order valence-electron chi connectivity index (χ0n) is 10.3. The zero-order chi connectivity index (χ0) is 12.3. The molecule has 1 aromatic carbocycles. The highest BCUT2D eigenvalue weighted by molar-refractivity contribution is 5.24. The van der Waals surface area contributed by atoms with Gasteiger partial charge in [-0.1, -0.05) is 31.2 Å². The molecule has 0 aliphatic carbocycles. The molecule has 0 fully saturated rings. The van der Waals surface area contributed by atoms with Crippen LogP contribution >= 0.6 is 0 Å². The molecule has 0 spiro atoms. The molecule has 0 aliphatic rings. The molecule has 90 valence electrons. The summed E-state index contributed by atoms with van der Waals surface area (Å²) in [6.07, 6.45) is 1.08. The Labute approximate surface area is 102 Å². The van der Waals surface area contributed by atoms with Crippen molar-refractivity contribution >= 4 is 0 Å². The van der Waals surface area contributed by atoms with E-state index in [1.165, 1.54) is 5.56 Å². The Bertz CT molecular complexity index is 468. The molecule has 2 nitrogen and oxygen atoms in total. The third-order valence-electron chi connectivity index (χ3n) is 2.95. The van der Waals surface area contributed by atoms with E-state index in [1.807, 2.05) is 19.1 Å². The molecule has 0 bridgehead atoms. The predicted molar refractivity (Wildman–Crippen MR) is 67.9 cm³/mol. The molecule has 0 radical (unpaired) electrons. The Morgan fingerprint density at radius 1 is 1.06 bits per heavy atom.